The summed E-state index contributed by atoms with van der Waals surface area (Å²) in [6, 6.07) is 29.8. The lowest BCUT2D eigenvalue weighted by Crippen LogP contribution is -2.42. The number of nitrogens with one attached hydrogen (secondary N) is 4. The van der Waals surface area contributed by atoms with Crippen LogP contribution < -0.4 is 27.0 Å². The second-order valence-electron chi connectivity index (χ2n) is 11.9. The maximum Gasteiger partial charge on any atom is 0.0432 e. The van der Waals surface area contributed by atoms with Crippen LogP contribution in [0.4, 0.5) is 5.69 Å². The molecule has 0 fully saturated rings. The number of rotatable bonds is 20. The van der Waals surface area contributed by atoms with Gasteiger partial charge >= 0.3 is 0 Å². The largest absolute Gasteiger partial charge is 0.385 e. The minimum atomic E-state index is 0.324. The number of nitrogens with zero attached hydrogens (tertiary/aromatic N) is 1. The molecule has 4 rings (SSSR count). The van der Waals surface area contributed by atoms with Crippen LogP contribution in [0.15, 0.2) is 78.9 Å². The van der Waals surface area contributed by atoms with Gasteiger partial charge in [-0.25, -0.2) is 0 Å². The number of nitrogens with two attached hydrogens (primary N) is 1. The zero-order valence-electron chi connectivity index (χ0n) is 26.7. The van der Waals surface area contributed by atoms with Crippen LogP contribution in [0.25, 0.3) is 0 Å². The predicted octanol–water partition coefficient (Wildman–Crippen LogP) is 5.68. The van der Waals surface area contributed by atoms with Crippen molar-refractivity contribution in [3.05, 3.63) is 101 Å². The molecular weight excluding hydrogens is 528 g/mol. The number of anilines is 1. The molecule has 0 saturated carbocycles. The van der Waals surface area contributed by atoms with Crippen LogP contribution in [-0.4, -0.2) is 63.3 Å². The molecule has 6 nitrogen and oxygen atoms in total. The van der Waals surface area contributed by atoms with E-state index in [4.69, 9.17) is 5.73 Å². The van der Waals surface area contributed by atoms with E-state index in [9.17, 15) is 0 Å². The highest BCUT2D eigenvalue weighted by Crippen LogP contribution is 2.42. The molecule has 0 bridgehead atoms. The third-order valence-corrected chi connectivity index (χ3v) is 8.78. The van der Waals surface area contributed by atoms with Gasteiger partial charge in [0.1, 0.15) is 0 Å². The summed E-state index contributed by atoms with van der Waals surface area (Å²) in [5.41, 5.74) is 13.1. The van der Waals surface area contributed by atoms with Gasteiger partial charge in [-0.3, -0.25) is 4.90 Å². The first-order chi connectivity index (χ1) is 21.2. The van der Waals surface area contributed by atoms with Crippen molar-refractivity contribution in [1.82, 2.24) is 20.9 Å². The van der Waals surface area contributed by atoms with E-state index in [1.165, 1.54) is 40.8 Å². The molecule has 6 N–H and O–H groups in total. The Labute approximate surface area is 261 Å². The van der Waals surface area contributed by atoms with Crippen LogP contribution in [-0.2, 0) is 13.0 Å². The molecule has 3 aromatic carbocycles. The normalized spacial score (nSPS) is 17.5. The highest BCUT2D eigenvalue weighted by atomic mass is 15.2. The van der Waals surface area contributed by atoms with E-state index in [1.54, 1.807) is 0 Å². The molecule has 0 spiro atoms. The smallest absolute Gasteiger partial charge is 0.0432 e. The SMILES string of the molecule is CCNCCCCN[C@H](CN)CCCN1Cc2ccccc2[C@@H](CNCCc2ccccc2)[C@@H]1c1ccc(NCC)cc1. The minimum Gasteiger partial charge on any atom is -0.385 e. The van der Waals surface area contributed by atoms with Crippen molar-refractivity contribution >= 4 is 5.69 Å². The Morgan fingerprint density at radius 3 is 2.35 bits per heavy atom. The van der Waals surface area contributed by atoms with Gasteiger partial charge in [0.2, 0.25) is 0 Å². The monoisotopic (exact) mass is 584 g/mol. The zero-order chi connectivity index (χ0) is 30.1. The minimum absolute atomic E-state index is 0.324. The molecule has 1 heterocycles. The standard InChI is InChI=1S/C37H56N6/c1-3-39-23-10-11-24-42-34(27-38)16-12-26-43-29-32-15-8-9-17-35(32)36(28-40-25-22-30-13-6-5-7-14-30)37(43)31-18-20-33(21-19-31)41-4-2/h5-9,13-15,17-21,34,36-37,39-42H,3-4,10-12,16,22-29,38H2,1-2H3/t34-,36+,37-/m0/s1. The number of hydrogen-bond donors (Lipinski definition) is 5. The molecular formula is C37H56N6. The van der Waals surface area contributed by atoms with Crippen LogP contribution >= 0.6 is 0 Å². The Kier molecular flexibility index (Phi) is 14.5. The summed E-state index contributed by atoms with van der Waals surface area (Å²) in [5.74, 6) is 0.380. The van der Waals surface area contributed by atoms with E-state index in [0.717, 1.165) is 71.6 Å². The van der Waals surface area contributed by atoms with Crippen molar-refractivity contribution in [1.29, 1.82) is 0 Å². The third kappa shape index (κ3) is 10.4. The second-order valence-corrected chi connectivity index (χ2v) is 11.9. The Hall–Kier alpha value is -2.74. The van der Waals surface area contributed by atoms with E-state index in [0.29, 0.717) is 24.5 Å². The fraction of sp³-hybridized carbons (Fsp3) is 0.514. The van der Waals surface area contributed by atoms with Gasteiger partial charge in [-0.1, -0.05) is 73.7 Å². The molecule has 1 aliphatic heterocycles. The van der Waals surface area contributed by atoms with Gasteiger partial charge in [0, 0.05) is 49.9 Å². The summed E-state index contributed by atoms with van der Waals surface area (Å²) in [5, 5.41) is 14.5. The lowest BCUT2D eigenvalue weighted by Gasteiger charge is -2.43. The number of benzene rings is 3. The molecule has 6 heteroatoms. The van der Waals surface area contributed by atoms with Crippen molar-refractivity contribution < 1.29 is 0 Å². The maximum atomic E-state index is 6.20. The van der Waals surface area contributed by atoms with Crippen LogP contribution in [0.2, 0.25) is 0 Å². The Bertz CT molecular complexity index is 1150. The molecule has 0 saturated heterocycles. The molecule has 0 amide bonds. The average molecular weight is 585 g/mol. The van der Waals surface area contributed by atoms with Gasteiger partial charge in [-0.15, -0.1) is 0 Å². The maximum absolute atomic E-state index is 6.20. The van der Waals surface area contributed by atoms with Crippen molar-refractivity contribution in [2.24, 2.45) is 5.73 Å². The summed E-state index contributed by atoms with van der Waals surface area (Å²) in [6.45, 7) is 13.1. The molecule has 0 aliphatic carbocycles. The molecule has 234 valence electrons. The van der Waals surface area contributed by atoms with Crippen molar-refractivity contribution in [2.45, 2.75) is 70.5 Å². The Morgan fingerprint density at radius 1 is 0.814 bits per heavy atom. The van der Waals surface area contributed by atoms with Gasteiger partial charge in [-0.05, 0) is 106 Å². The van der Waals surface area contributed by atoms with Gasteiger partial charge < -0.3 is 27.0 Å². The highest BCUT2D eigenvalue weighted by molar-refractivity contribution is 5.46. The van der Waals surface area contributed by atoms with Crippen molar-refractivity contribution in [3.8, 4) is 0 Å². The molecule has 0 aromatic heterocycles. The molecule has 0 radical (unpaired) electrons. The summed E-state index contributed by atoms with van der Waals surface area (Å²) >= 11 is 0. The lowest BCUT2D eigenvalue weighted by atomic mass is 9.79. The van der Waals surface area contributed by atoms with Crippen LogP contribution in [0.1, 0.15) is 73.7 Å². The number of hydrogen-bond acceptors (Lipinski definition) is 6. The fourth-order valence-electron chi connectivity index (χ4n) is 6.50. The van der Waals surface area contributed by atoms with E-state index >= 15 is 0 Å². The fourth-order valence-corrected chi connectivity index (χ4v) is 6.50. The third-order valence-electron chi connectivity index (χ3n) is 8.78. The number of unbranched alkanes of at least 4 members (excludes halogenated alkanes) is 1. The number of fused-ring (bicyclic) bond motifs is 1. The summed E-state index contributed by atoms with van der Waals surface area (Å²) in [7, 11) is 0. The quantitative estimate of drug-likeness (QED) is 0.110. The topological polar surface area (TPSA) is 77.4 Å². The first kappa shape index (κ1) is 33.2. The summed E-state index contributed by atoms with van der Waals surface area (Å²) < 4.78 is 0. The zero-order valence-corrected chi connectivity index (χ0v) is 26.7. The molecule has 3 aromatic rings. The van der Waals surface area contributed by atoms with Gasteiger partial charge in [0.15, 0.2) is 0 Å². The van der Waals surface area contributed by atoms with Crippen LogP contribution in [0.3, 0.4) is 0 Å². The molecule has 43 heavy (non-hydrogen) atoms. The van der Waals surface area contributed by atoms with E-state index in [-0.39, 0.29) is 0 Å². The lowest BCUT2D eigenvalue weighted by molar-refractivity contribution is 0.138. The highest BCUT2D eigenvalue weighted by Gasteiger charge is 2.35. The van der Waals surface area contributed by atoms with Crippen LogP contribution in [0, 0.1) is 0 Å². The Morgan fingerprint density at radius 2 is 1.58 bits per heavy atom. The van der Waals surface area contributed by atoms with Gasteiger partial charge in [0.05, 0.1) is 0 Å². The van der Waals surface area contributed by atoms with Crippen molar-refractivity contribution in [2.75, 3.05) is 57.7 Å². The van der Waals surface area contributed by atoms with Crippen molar-refractivity contribution in [3.63, 3.8) is 0 Å². The molecule has 1 aliphatic rings. The average Bonchev–Trinajstić information content (AvgIpc) is 3.04. The molecule has 0 unspecified atom stereocenters. The first-order valence-corrected chi connectivity index (χ1v) is 16.8. The summed E-state index contributed by atoms with van der Waals surface area (Å²) in [6.07, 6.45) is 5.68. The van der Waals surface area contributed by atoms with E-state index in [1.807, 2.05) is 0 Å². The van der Waals surface area contributed by atoms with E-state index in [2.05, 4.69) is 119 Å². The Balaban J connectivity index is 1.45. The van der Waals surface area contributed by atoms with Gasteiger partial charge in [-0.2, -0.15) is 0 Å². The molecule has 3 atom stereocenters. The predicted molar refractivity (Wildman–Crippen MR) is 184 cm³/mol. The second kappa shape index (κ2) is 18.8. The first-order valence-electron chi connectivity index (χ1n) is 16.8. The van der Waals surface area contributed by atoms with E-state index < -0.39 is 0 Å². The van der Waals surface area contributed by atoms with Gasteiger partial charge in [0.25, 0.3) is 0 Å². The van der Waals surface area contributed by atoms with Crippen LogP contribution in [0.5, 0.6) is 0 Å². The summed E-state index contributed by atoms with van der Waals surface area (Å²) in [4.78, 5) is 2.73.